The number of hydrogen-bond donors (Lipinski definition) is 1. The fraction of sp³-hybridized carbons (Fsp3) is 0. The molecular formula is C13H9BrNO4S-. The van der Waals surface area contributed by atoms with Crippen molar-refractivity contribution >= 4 is 37.6 Å². The molecule has 0 heterocycles. The van der Waals surface area contributed by atoms with Crippen LogP contribution in [-0.2, 0) is 10.0 Å². The molecule has 0 atom stereocenters. The first-order valence-corrected chi connectivity index (χ1v) is 7.76. The Bertz CT molecular complexity index is 741. The van der Waals surface area contributed by atoms with Gasteiger partial charge in [0.2, 0.25) is 0 Å². The number of sulfonamides is 1. The molecule has 0 aliphatic carbocycles. The Hall–Kier alpha value is -1.86. The summed E-state index contributed by atoms with van der Waals surface area (Å²) in [4.78, 5) is 10.6. The summed E-state index contributed by atoms with van der Waals surface area (Å²) in [7, 11) is -3.77. The lowest BCUT2D eigenvalue weighted by Gasteiger charge is -2.10. The van der Waals surface area contributed by atoms with E-state index in [2.05, 4.69) is 20.7 Å². The maximum Gasteiger partial charge on any atom is 0.261 e. The summed E-state index contributed by atoms with van der Waals surface area (Å²) in [6, 6.07) is 11.6. The van der Waals surface area contributed by atoms with E-state index in [-0.39, 0.29) is 10.5 Å². The zero-order valence-corrected chi connectivity index (χ0v) is 12.4. The molecule has 0 unspecified atom stereocenters. The van der Waals surface area contributed by atoms with E-state index in [9.17, 15) is 18.3 Å². The SMILES string of the molecule is O=C([O-])c1ccc(S(=O)(=O)Nc2ccccc2Br)cc1. The predicted molar refractivity (Wildman–Crippen MR) is 75.7 cm³/mol. The number of rotatable bonds is 4. The predicted octanol–water partition coefficient (Wildman–Crippen LogP) is 1.61. The lowest BCUT2D eigenvalue weighted by molar-refractivity contribution is -0.255. The van der Waals surface area contributed by atoms with E-state index < -0.39 is 16.0 Å². The van der Waals surface area contributed by atoms with Gasteiger partial charge in [-0.3, -0.25) is 4.72 Å². The highest BCUT2D eigenvalue weighted by atomic mass is 79.9. The first-order valence-electron chi connectivity index (χ1n) is 5.49. The van der Waals surface area contributed by atoms with E-state index in [0.29, 0.717) is 10.2 Å². The second-order valence-corrected chi connectivity index (χ2v) is 6.43. The Labute approximate surface area is 124 Å². The number of anilines is 1. The summed E-state index contributed by atoms with van der Waals surface area (Å²) in [5.41, 5.74) is 0.321. The summed E-state index contributed by atoms with van der Waals surface area (Å²) in [6.45, 7) is 0. The molecule has 7 heteroatoms. The van der Waals surface area contributed by atoms with Gasteiger partial charge in [-0.15, -0.1) is 0 Å². The smallest absolute Gasteiger partial charge is 0.261 e. The molecule has 0 saturated carbocycles. The quantitative estimate of drug-likeness (QED) is 0.903. The van der Waals surface area contributed by atoms with Gasteiger partial charge in [-0.05, 0) is 45.8 Å². The van der Waals surface area contributed by atoms with Crippen LogP contribution in [0.3, 0.4) is 0 Å². The zero-order valence-electron chi connectivity index (χ0n) is 10.0. The number of para-hydroxylation sites is 1. The molecule has 0 saturated heterocycles. The van der Waals surface area contributed by atoms with E-state index in [1.165, 1.54) is 24.3 Å². The molecule has 2 rings (SSSR count). The van der Waals surface area contributed by atoms with Gasteiger partial charge in [0.25, 0.3) is 10.0 Å². The molecule has 104 valence electrons. The van der Waals surface area contributed by atoms with Crippen LogP contribution < -0.4 is 9.83 Å². The first kappa shape index (κ1) is 14.5. The summed E-state index contributed by atoms with van der Waals surface area (Å²) in [5, 5.41) is 10.6. The number of carbonyl (C=O) groups excluding carboxylic acids is 1. The molecule has 0 amide bonds. The number of hydrogen-bond acceptors (Lipinski definition) is 4. The van der Waals surface area contributed by atoms with Gasteiger partial charge in [-0.2, -0.15) is 0 Å². The Morgan fingerprint density at radius 2 is 1.65 bits per heavy atom. The molecule has 0 fully saturated rings. The number of carboxylic acids is 1. The van der Waals surface area contributed by atoms with Gasteiger partial charge in [0.1, 0.15) is 0 Å². The van der Waals surface area contributed by atoms with Gasteiger partial charge < -0.3 is 9.90 Å². The topological polar surface area (TPSA) is 86.3 Å². The minimum atomic E-state index is -3.77. The Kier molecular flexibility index (Phi) is 4.10. The standard InChI is InChI=1S/C13H10BrNO4S/c14-11-3-1-2-4-12(11)15-20(18,19)10-7-5-9(6-8-10)13(16)17/h1-8,15H,(H,16,17)/p-1. The summed E-state index contributed by atoms with van der Waals surface area (Å²) in [5.74, 6) is -1.35. The maximum atomic E-state index is 12.1. The summed E-state index contributed by atoms with van der Waals surface area (Å²) < 4.78 is 27.3. The van der Waals surface area contributed by atoms with Crippen molar-refractivity contribution in [2.45, 2.75) is 4.90 Å². The molecule has 2 aromatic rings. The van der Waals surface area contributed by atoms with E-state index in [1.54, 1.807) is 24.3 Å². The molecule has 0 bridgehead atoms. The lowest BCUT2D eigenvalue weighted by Crippen LogP contribution is -2.22. The Morgan fingerprint density at radius 3 is 2.20 bits per heavy atom. The van der Waals surface area contributed by atoms with Gasteiger partial charge >= 0.3 is 0 Å². The number of carbonyl (C=O) groups is 1. The normalized spacial score (nSPS) is 11.1. The molecule has 0 aromatic heterocycles. The molecule has 20 heavy (non-hydrogen) atoms. The summed E-state index contributed by atoms with van der Waals surface area (Å²) >= 11 is 3.24. The lowest BCUT2D eigenvalue weighted by atomic mass is 10.2. The fourth-order valence-electron chi connectivity index (χ4n) is 1.52. The van der Waals surface area contributed by atoms with Crippen molar-refractivity contribution in [1.82, 2.24) is 0 Å². The van der Waals surface area contributed by atoms with Gasteiger partial charge in [0.05, 0.1) is 16.6 Å². The van der Waals surface area contributed by atoms with Gasteiger partial charge in [0.15, 0.2) is 0 Å². The maximum absolute atomic E-state index is 12.1. The van der Waals surface area contributed by atoms with Crippen LogP contribution in [0.15, 0.2) is 57.9 Å². The minimum absolute atomic E-state index is 0.0294. The van der Waals surface area contributed by atoms with Gasteiger partial charge in [0, 0.05) is 4.47 Å². The third-order valence-corrected chi connectivity index (χ3v) is 4.59. The minimum Gasteiger partial charge on any atom is -0.545 e. The highest BCUT2D eigenvalue weighted by molar-refractivity contribution is 9.10. The van der Waals surface area contributed by atoms with E-state index in [0.717, 1.165) is 0 Å². The zero-order chi connectivity index (χ0) is 14.8. The molecule has 0 spiro atoms. The van der Waals surface area contributed by atoms with Crippen molar-refractivity contribution in [3.05, 3.63) is 58.6 Å². The first-order chi connectivity index (χ1) is 9.40. The van der Waals surface area contributed by atoms with Crippen molar-refractivity contribution < 1.29 is 18.3 Å². The highest BCUT2D eigenvalue weighted by Gasteiger charge is 2.15. The number of carboxylic acid groups (broad SMARTS) is 1. The van der Waals surface area contributed by atoms with Gasteiger partial charge in [-0.1, -0.05) is 24.3 Å². The number of nitrogens with one attached hydrogen (secondary N) is 1. The van der Waals surface area contributed by atoms with Gasteiger partial charge in [-0.25, -0.2) is 8.42 Å². The Balaban J connectivity index is 2.31. The molecule has 2 aromatic carbocycles. The van der Waals surface area contributed by atoms with Crippen LogP contribution in [-0.4, -0.2) is 14.4 Å². The number of halogens is 1. The van der Waals surface area contributed by atoms with Crippen molar-refractivity contribution in [3.63, 3.8) is 0 Å². The van der Waals surface area contributed by atoms with Crippen molar-refractivity contribution in [1.29, 1.82) is 0 Å². The highest BCUT2D eigenvalue weighted by Crippen LogP contribution is 2.24. The fourth-order valence-corrected chi connectivity index (χ4v) is 3.11. The third-order valence-electron chi connectivity index (χ3n) is 2.52. The van der Waals surface area contributed by atoms with E-state index in [4.69, 9.17) is 0 Å². The Morgan fingerprint density at radius 1 is 1.05 bits per heavy atom. The van der Waals surface area contributed by atoms with Crippen LogP contribution in [0, 0.1) is 0 Å². The molecule has 0 aliphatic rings. The third kappa shape index (κ3) is 3.17. The van der Waals surface area contributed by atoms with Crippen LogP contribution in [0.4, 0.5) is 5.69 Å². The van der Waals surface area contributed by atoms with Crippen molar-refractivity contribution in [2.24, 2.45) is 0 Å². The molecule has 1 N–H and O–H groups in total. The van der Waals surface area contributed by atoms with Crippen molar-refractivity contribution in [2.75, 3.05) is 4.72 Å². The van der Waals surface area contributed by atoms with Crippen LogP contribution in [0.2, 0.25) is 0 Å². The van der Waals surface area contributed by atoms with Crippen LogP contribution in [0.5, 0.6) is 0 Å². The number of aromatic carboxylic acids is 1. The largest absolute Gasteiger partial charge is 0.545 e. The van der Waals surface area contributed by atoms with E-state index in [1.807, 2.05) is 0 Å². The van der Waals surface area contributed by atoms with Crippen molar-refractivity contribution in [3.8, 4) is 0 Å². The van der Waals surface area contributed by atoms with Crippen LogP contribution in [0.1, 0.15) is 10.4 Å². The number of benzene rings is 2. The van der Waals surface area contributed by atoms with Crippen LogP contribution in [0.25, 0.3) is 0 Å². The monoisotopic (exact) mass is 354 g/mol. The van der Waals surface area contributed by atoms with Crippen LogP contribution >= 0.6 is 15.9 Å². The molecule has 5 nitrogen and oxygen atoms in total. The summed E-state index contributed by atoms with van der Waals surface area (Å²) in [6.07, 6.45) is 0. The second-order valence-electron chi connectivity index (χ2n) is 3.90. The van der Waals surface area contributed by atoms with E-state index >= 15 is 0 Å². The molecular weight excluding hydrogens is 346 g/mol. The average molecular weight is 355 g/mol. The second kappa shape index (κ2) is 5.64. The molecule has 0 radical (unpaired) electrons. The average Bonchev–Trinajstić information content (AvgIpc) is 2.41. The molecule has 0 aliphatic heterocycles.